The molecule has 1 aliphatic carbocycles. The molecule has 4 aromatic rings. The summed E-state index contributed by atoms with van der Waals surface area (Å²) in [4.78, 5) is 27.9. The lowest BCUT2D eigenvalue weighted by Gasteiger charge is -2.32. The van der Waals surface area contributed by atoms with Gasteiger partial charge in [-0.3, -0.25) is 14.4 Å². The van der Waals surface area contributed by atoms with Crippen molar-refractivity contribution in [3.05, 3.63) is 101 Å². The molecule has 1 amide bonds. The van der Waals surface area contributed by atoms with E-state index in [1.807, 2.05) is 43.7 Å². The van der Waals surface area contributed by atoms with Crippen molar-refractivity contribution < 1.29 is 23.5 Å². The van der Waals surface area contributed by atoms with Crippen molar-refractivity contribution >= 4 is 17.6 Å². The fourth-order valence-electron chi connectivity index (χ4n) is 6.13. The van der Waals surface area contributed by atoms with E-state index in [1.165, 1.54) is 43.2 Å². The number of ether oxygens (including phenoxy) is 2. The highest BCUT2D eigenvalue weighted by Crippen LogP contribution is 2.43. The van der Waals surface area contributed by atoms with Gasteiger partial charge in [0.1, 0.15) is 17.7 Å². The molecule has 3 aromatic carbocycles. The smallest absolute Gasteiger partial charge is 0.337 e. The number of carbonyl (C=O) groups is 2. The Hall–Kier alpha value is -4.50. The first kappa shape index (κ1) is 31.5. The predicted molar refractivity (Wildman–Crippen MR) is 176 cm³/mol. The monoisotopic (exact) mass is 624 g/mol. The Labute approximate surface area is 269 Å². The van der Waals surface area contributed by atoms with Crippen LogP contribution in [0.3, 0.4) is 0 Å². The summed E-state index contributed by atoms with van der Waals surface area (Å²) in [5.41, 5.74) is 5.29. The molecule has 240 valence electrons. The Morgan fingerprint density at radius 2 is 1.65 bits per heavy atom. The average Bonchev–Trinajstić information content (AvgIpc) is 3.78. The van der Waals surface area contributed by atoms with Gasteiger partial charge in [0.2, 0.25) is 0 Å². The number of hydrogen-bond donors (Lipinski definition) is 1. The second-order valence-corrected chi connectivity index (χ2v) is 13.2. The van der Waals surface area contributed by atoms with E-state index in [0.717, 1.165) is 49.5 Å². The van der Waals surface area contributed by atoms with Crippen molar-refractivity contribution in [3.8, 4) is 17.0 Å². The molecule has 1 N–H and O–H groups in total. The van der Waals surface area contributed by atoms with Gasteiger partial charge in [-0.1, -0.05) is 6.07 Å². The minimum absolute atomic E-state index is 0.109. The maximum absolute atomic E-state index is 13.7. The molecule has 0 spiro atoms. The zero-order chi connectivity index (χ0) is 32.4. The number of carbonyl (C=O) groups excluding carboxylic acids is 2. The van der Waals surface area contributed by atoms with Gasteiger partial charge in [0.15, 0.2) is 0 Å². The van der Waals surface area contributed by atoms with Crippen molar-refractivity contribution in [1.29, 1.82) is 0 Å². The van der Waals surface area contributed by atoms with E-state index in [-0.39, 0.29) is 29.3 Å². The number of nitrogens with zero attached hydrogens (tertiary/aromatic N) is 3. The SMILES string of the molecule is COC(=O)c1ccc(OC2CCN(Cc3cc(NC(=O)c4cnn(C(C)(C)C)c4-c4ccc(F)cc4)ccc3C3CC3)CC2)cc1. The van der Waals surface area contributed by atoms with Crippen LogP contribution in [0.2, 0.25) is 0 Å². The Bertz CT molecular complexity index is 1700. The third-order valence-electron chi connectivity index (χ3n) is 8.69. The summed E-state index contributed by atoms with van der Waals surface area (Å²) in [6.45, 7) is 8.68. The molecule has 1 aromatic heterocycles. The van der Waals surface area contributed by atoms with Crippen LogP contribution in [0.1, 0.15) is 84.2 Å². The third-order valence-corrected chi connectivity index (χ3v) is 8.69. The number of esters is 1. The largest absolute Gasteiger partial charge is 0.490 e. The van der Waals surface area contributed by atoms with Crippen LogP contribution in [0.4, 0.5) is 10.1 Å². The van der Waals surface area contributed by atoms with Crippen LogP contribution < -0.4 is 10.1 Å². The van der Waals surface area contributed by atoms with Crippen LogP contribution in [0.5, 0.6) is 5.75 Å². The molecule has 0 bridgehead atoms. The van der Waals surface area contributed by atoms with E-state index in [9.17, 15) is 14.0 Å². The molecule has 2 fully saturated rings. The Morgan fingerprint density at radius 1 is 0.957 bits per heavy atom. The molecule has 0 atom stereocenters. The third kappa shape index (κ3) is 7.15. The summed E-state index contributed by atoms with van der Waals surface area (Å²) < 4.78 is 26.6. The number of rotatable bonds is 9. The molecule has 8 nitrogen and oxygen atoms in total. The van der Waals surface area contributed by atoms with Crippen molar-refractivity contribution in [3.63, 3.8) is 0 Å². The van der Waals surface area contributed by atoms with Gasteiger partial charge in [0, 0.05) is 30.9 Å². The van der Waals surface area contributed by atoms with E-state index < -0.39 is 0 Å². The van der Waals surface area contributed by atoms with E-state index in [2.05, 4.69) is 27.4 Å². The Kier molecular flexibility index (Phi) is 8.95. The van der Waals surface area contributed by atoms with Gasteiger partial charge >= 0.3 is 5.97 Å². The summed E-state index contributed by atoms with van der Waals surface area (Å²) in [5.74, 6) is 0.381. The topological polar surface area (TPSA) is 85.7 Å². The minimum atomic E-state index is -0.380. The van der Waals surface area contributed by atoms with Gasteiger partial charge in [-0.25, -0.2) is 9.18 Å². The quantitative estimate of drug-likeness (QED) is 0.195. The fraction of sp³-hybridized carbons (Fsp3) is 0.378. The summed E-state index contributed by atoms with van der Waals surface area (Å²) in [5, 5.41) is 7.69. The van der Waals surface area contributed by atoms with E-state index in [1.54, 1.807) is 30.5 Å². The summed E-state index contributed by atoms with van der Waals surface area (Å²) in [6.07, 6.45) is 5.89. The maximum atomic E-state index is 13.7. The van der Waals surface area contributed by atoms with Crippen molar-refractivity contribution in [2.45, 2.75) is 70.6 Å². The molecule has 1 saturated carbocycles. The summed E-state index contributed by atoms with van der Waals surface area (Å²) >= 11 is 0. The molecule has 0 radical (unpaired) electrons. The molecule has 2 heterocycles. The number of halogens is 1. The van der Waals surface area contributed by atoms with Crippen LogP contribution in [-0.4, -0.2) is 52.9 Å². The molecular formula is C37H41FN4O4. The predicted octanol–water partition coefficient (Wildman–Crippen LogP) is 7.40. The number of likely N-dealkylation sites (tertiary alicyclic amines) is 1. The summed E-state index contributed by atoms with van der Waals surface area (Å²) in [6, 6.07) is 19.5. The van der Waals surface area contributed by atoms with E-state index >= 15 is 0 Å². The summed E-state index contributed by atoms with van der Waals surface area (Å²) in [7, 11) is 1.37. The minimum Gasteiger partial charge on any atom is -0.490 e. The van der Waals surface area contributed by atoms with Crippen LogP contribution in [0.25, 0.3) is 11.3 Å². The van der Waals surface area contributed by atoms with Gasteiger partial charge in [0.05, 0.1) is 35.7 Å². The Morgan fingerprint density at radius 3 is 2.28 bits per heavy atom. The van der Waals surface area contributed by atoms with Crippen LogP contribution in [-0.2, 0) is 16.8 Å². The van der Waals surface area contributed by atoms with E-state index in [0.29, 0.717) is 22.7 Å². The number of anilines is 1. The highest BCUT2D eigenvalue weighted by atomic mass is 19.1. The molecule has 9 heteroatoms. The van der Waals surface area contributed by atoms with Crippen LogP contribution >= 0.6 is 0 Å². The van der Waals surface area contributed by atoms with Crippen molar-refractivity contribution in [2.24, 2.45) is 0 Å². The number of hydrogen-bond acceptors (Lipinski definition) is 6. The number of piperidine rings is 1. The van der Waals surface area contributed by atoms with Gasteiger partial charge in [-0.15, -0.1) is 0 Å². The molecule has 1 saturated heterocycles. The molecular weight excluding hydrogens is 583 g/mol. The number of benzene rings is 3. The van der Waals surface area contributed by atoms with Gasteiger partial charge in [-0.05, 0) is 124 Å². The first-order valence-corrected chi connectivity index (χ1v) is 15.9. The van der Waals surface area contributed by atoms with Crippen LogP contribution in [0, 0.1) is 5.82 Å². The van der Waals surface area contributed by atoms with E-state index in [4.69, 9.17) is 9.47 Å². The molecule has 1 aliphatic heterocycles. The Balaban J connectivity index is 1.14. The molecule has 6 rings (SSSR count). The van der Waals surface area contributed by atoms with Crippen molar-refractivity contribution in [2.75, 3.05) is 25.5 Å². The molecule has 2 aliphatic rings. The van der Waals surface area contributed by atoms with Gasteiger partial charge in [0.25, 0.3) is 5.91 Å². The van der Waals surface area contributed by atoms with Gasteiger partial charge < -0.3 is 14.8 Å². The standard InChI is InChI=1S/C37H41FN4O4/c1-37(2,3)42-34(25-7-11-28(38)12-8-25)33(22-39-42)35(43)40-29-13-16-32(24-5-6-24)27(21-29)23-41-19-17-31(18-20-41)46-30-14-9-26(10-15-30)36(44)45-4/h7-16,21-22,24,31H,5-6,17-20,23H2,1-4H3,(H,40,43). The van der Waals surface area contributed by atoms with Crippen LogP contribution in [0.15, 0.2) is 72.9 Å². The number of methoxy groups -OCH3 is 1. The molecule has 46 heavy (non-hydrogen) atoms. The molecule has 0 unspecified atom stereocenters. The second kappa shape index (κ2) is 13.1. The zero-order valence-electron chi connectivity index (χ0n) is 26.9. The second-order valence-electron chi connectivity index (χ2n) is 13.2. The highest BCUT2D eigenvalue weighted by molar-refractivity contribution is 6.08. The fourth-order valence-corrected chi connectivity index (χ4v) is 6.13. The normalized spacial score (nSPS) is 15.8. The number of nitrogens with one attached hydrogen (secondary N) is 1. The van der Waals surface area contributed by atoms with Gasteiger partial charge in [-0.2, -0.15) is 5.10 Å². The lowest BCUT2D eigenvalue weighted by molar-refractivity contribution is 0.0600. The lowest BCUT2D eigenvalue weighted by Crippen LogP contribution is -2.38. The number of aromatic nitrogens is 2. The average molecular weight is 625 g/mol. The number of amides is 1. The lowest BCUT2D eigenvalue weighted by atomic mass is 10.00. The maximum Gasteiger partial charge on any atom is 0.337 e. The zero-order valence-corrected chi connectivity index (χ0v) is 26.9. The first-order valence-electron chi connectivity index (χ1n) is 15.9. The first-order chi connectivity index (χ1) is 22.1. The van der Waals surface area contributed by atoms with Crippen molar-refractivity contribution in [1.82, 2.24) is 14.7 Å². The highest BCUT2D eigenvalue weighted by Gasteiger charge is 2.29.